The fraction of sp³-hybridized carbons (Fsp3) is 0.462. The average Bonchev–Trinajstić information content (AvgIpc) is 2.82. The molecule has 18 heavy (non-hydrogen) atoms. The van der Waals surface area contributed by atoms with Crippen molar-refractivity contribution >= 4 is 35.0 Å². The number of nitrogens with one attached hydrogen (secondary N) is 1. The van der Waals surface area contributed by atoms with E-state index in [9.17, 15) is 4.79 Å². The summed E-state index contributed by atoms with van der Waals surface area (Å²) in [5.41, 5.74) is 0.154. The molecule has 0 bridgehead atoms. The van der Waals surface area contributed by atoms with Crippen molar-refractivity contribution in [2.24, 2.45) is 0 Å². The van der Waals surface area contributed by atoms with Crippen molar-refractivity contribution in [2.75, 3.05) is 23.4 Å². The lowest BCUT2D eigenvalue weighted by Crippen LogP contribution is -2.47. The summed E-state index contributed by atoms with van der Waals surface area (Å²) in [7, 11) is 0. The molecule has 1 aromatic carbocycles. The molecule has 1 fully saturated rings. The number of carbonyl (C=O) groups is 1. The molecule has 1 atom stereocenters. The summed E-state index contributed by atoms with van der Waals surface area (Å²) in [6, 6.07) is 7.46. The number of hydrogen-bond acceptors (Lipinski definition) is 4. The van der Waals surface area contributed by atoms with E-state index >= 15 is 0 Å². The van der Waals surface area contributed by atoms with Gasteiger partial charge in [-0.2, -0.15) is 11.8 Å². The minimum atomic E-state index is -0.633. The first kappa shape index (κ1) is 13.6. The molecule has 1 heterocycles. The molecule has 3 nitrogen and oxygen atoms in total. The van der Waals surface area contributed by atoms with E-state index in [2.05, 4.69) is 5.32 Å². The largest absolute Gasteiger partial charge is 0.464 e. The Hall–Kier alpha value is -0.870. The molecule has 0 aliphatic carbocycles. The fourth-order valence-electron chi connectivity index (χ4n) is 1.97. The summed E-state index contributed by atoms with van der Waals surface area (Å²) < 4.78 is 5.18. The van der Waals surface area contributed by atoms with Gasteiger partial charge in [0.15, 0.2) is 0 Å². The minimum Gasteiger partial charge on any atom is -0.464 e. The lowest BCUT2D eigenvalue weighted by Gasteiger charge is -2.28. The highest BCUT2D eigenvalue weighted by atomic mass is 35.5. The van der Waals surface area contributed by atoms with Crippen molar-refractivity contribution in [3.05, 3.63) is 29.3 Å². The highest BCUT2D eigenvalue weighted by molar-refractivity contribution is 7.99. The van der Waals surface area contributed by atoms with Gasteiger partial charge < -0.3 is 10.1 Å². The maximum Gasteiger partial charge on any atom is 0.332 e. The Morgan fingerprint density at radius 3 is 2.94 bits per heavy atom. The molecular weight excluding hydrogens is 270 g/mol. The van der Waals surface area contributed by atoms with Crippen LogP contribution in [0.5, 0.6) is 0 Å². The molecule has 0 spiro atoms. The van der Waals surface area contributed by atoms with Gasteiger partial charge in [0.1, 0.15) is 5.54 Å². The molecule has 1 aliphatic heterocycles. The van der Waals surface area contributed by atoms with Crippen molar-refractivity contribution in [3.63, 3.8) is 0 Å². The number of anilines is 1. The Bertz CT molecular complexity index is 433. The molecule has 1 unspecified atom stereocenters. The van der Waals surface area contributed by atoms with E-state index in [1.807, 2.05) is 31.2 Å². The van der Waals surface area contributed by atoms with E-state index in [-0.39, 0.29) is 5.97 Å². The lowest BCUT2D eigenvalue weighted by atomic mass is 9.98. The van der Waals surface area contributed by atoms with Crippen molar-refractivity contribution in [2.45, 2.75) is 18.9 Å². The zero-order valence-electron chi connectivity index (χ0n) is 10.2. The number of carbonyl (C=O) groups excluding carboxylic acids is 1. The molecule has 0 amide bonds. The maximum atomic E-state index is 12.1. The smallest absolute Gasteiger partial charge is 0.332 e. The molecule has 98 valence electrons. The normalized spacial score (nSPS) is 22.8. The third-order valence-corrected chi connectivity index (χ3v) is 4.45. The summed E-state index contributed by atoms with van der Waals surface area (Å²) in [5, 5.41) is 3.90. The van der Waals surface area contributed by atoms with Gasteiger partial charge in [-0.3, -0.25) is 0 Å². The molecule has 1 aliphatic rings. The first-order valence-electron chi connectivity index (χ1n) is 5.95. The topological polar surface area (TPSA) is 38.3 Å². The van der Waals surface area contributed by atoms with Crippen LogP contribution in [0, 0.1) is 0 Å². The van der Waals surface area contributed by atoms with E-state index in [1.54, 1.807) is 11.8 Å². The second kappa shape index (κ2) is 5.85. The summed E-state index contributed by atoms with van der Waals surface area (Å²) in [5.74, 6) is 1.49. The van der Waals surface area contributed by atoms with Crippen LogP contribution >= 0.6 is 23.4 Å². The van der Waals surface area contributed by atoms with Crippen LogP contribution in [-0.2, 0) is 9.53 Å². The molecule has 0 radical (unpaired) electrons. The molecular formula is C13H16ClNO2S. The second-order valence-corrected chi connectivity index (χ2v) is 5.72. The highest BCUT2D eigenvalue weighted by Gasteiger charge is 2.43. The number of rotatable bonds is 4. The van der Waals surface area contributed by atoms with Crippen LogP contribution in [0.4, 0.5) is 5.69 Å². The molecule has 1 saturated heterocycles. The number of para-hydroxylation sites is 1. The molecule has 1 N–H and O–H groups in total. The third kappa shape index (κ3) is 2.75. The lowest BCUT2D eigenvalue weighted by molar-refractivity contribution is -0.147. The summed E-state index contributed by atoms with van der Waals surface area (Å²) in [4.78, 5) is 12.1. The van der Waals surface area contributed by atoms with Gasteiger partial charge in [-0.1, -0.05) is 23.7 Å². The number of halogens is 1. The van der Waals surface area contributed by atoms with Crippen LogP contribution in [0.15, 0.2) is 24.3 Å². The Labute approximate surface area is 116 Å². The van der Waals surface area contributed by atoms with Gasteiger partial charge in [0, 0.05) is 5.75 Å². The Morgan fingerprint density at radius 2 is 2.33 bits per heavy atom. The van der Waals surface area contributed by atoms with Crippen LogP contribution in [0.25, 0.3) is 0 Å². The zero-order valence-corrected chi connectivity index (χ0v) is 11.8. The highest BCUT2D eigenvalue weighted by Crippen LogP contribution is 2.34. The molecule has 0 aromatic heterocycles. The van der Waals surface area contributed by atoms with E-state index in [1.165, 1.54) is 0 Å². The average molecular weight is 286 g/mol. The van der Waals surface area contributed by atoms with Crippen LogP contribution in [0.1, 0.15) is 13.3 Å². The van der Waals surface area contributed by atoms with Gasteiger partial charge in [0.2, 0.25) is 0 Å². The second-order valence-electron chi connectivity index (χ2n) is 4.21. The van der Waals surface area contributed by atoms with Crippen LogP contribution < -0.4 is 5.32 Å². The van der Waals surface area contributed by atoms with Gasteiger partial charge >= 0.3 is 5.97 Å². The SMILES string of the molecule is CCOC(=O)C1(Nc2ccccc2Cl)CCSC1. The Balaban J connectivity index is 2.21. The molecule has 1 aromatic rings. The summed E-state index contributed by atoms with van der Waals surface area (Å²) in [6.45, 7) is 2.22. The van der Waals surface area contributed by atoms with Crippen molar-refractivity contribution < 1.29 is 9.53 Å². The number of hydrogen-bond donors (Lipinski definition) is 1. The van der Waals surface area contributed by atoms with Crippen molar-refractivity contribution in [3.8, 4) is 0 Å². The van der Waals surface area contributed by atoms with E-state index in [0.29, 0.717) is 11.6 Å². The quantitative estimate of drug-likeness (QED) is 0.862. The predicted molar refractivity (Wildman–Crippen MR) is 76.4 cm³/mol. The molecule has 0 saturated carbocycles. The Kier molecular flexibility index (Phi) is 4.40. The van der Waals surface area contributed by atoms with Crippen LogP contribution in [-0.4, -0.2) is 29.6 Å². The van der Waals surface area contributed by atoms with Gasteiger partial charge in [0.25, 0.3) is 0 Å². The summed E-state index contributed by atoms with van der Waals surface area (Å²) >= 11 is 7.88. The standard InChI is InChI=1S/C13H16ClNO2S/c1-2-17-12(16)13(7-8-18-9-13)15-11-6-4-3-5-10(11)14/h3-6,15H,2,7-9H2,1H3. The van der Waals surface area contributed by atoms with E-state index in [4.69, 9.17) is 16.3 Å². The number of thioether (sulfide) groups is 1. The van der Waals surface area contributed by atoms with Gasteiger partial charge in [-0.25, -0.2) is 4.79 Å². The van der Waals surface area contributed by atoms with Crippen LogP contribution in [0.2, 0.25) is 5.02 Å². The molecule has 2 rings (SSSR count). The number of ether oxygens (including phenoxy) is 1. The maximum absolute atomic E-state index is 12.1. The minimum absolute atomic E-state index is 0.185. The molecule has 5 heteroatoms. The fourth-order valence-corrected chi connectivity index (χ4v) is 3.47. The van der Waals surface area contributed by atoms with Crippen molar-refractivity contribution in [1.29, 1.82) is 0 Å². The monoisotopic (exact) mass is 285 g/mol. The first-order valence-corrected chi connectivity index (χ1v) is 7.49. The third-order valence-electron chi connectivity index (χ3n) is 2.94. The van der Waals surface area contributed by atoms with E-state index in [0.717, 1.165) is 23.6 Å². The number of esters is 1. The van der Waals surface area contributed by atoms with Gasteiger partial charge in [-0.05, 0) is 31.2 Å². The number of benzene rings is 1. The van der Waals surface area contributed by atoms with Gasteiger partial charge in [-0.15, -0.1) is 0 Å². The van der Waals surface area contributed by atoms with E-state index < -0.39 is 5.54 Å². The zero-order chi connectivity index (χ0) is 13.0. The summed E-state index contributed by atoms with van der Waals surface area (Å²) in [6.07, 6.45) is 0.766. The van der Waals surface area contributed by atoms with Crippen molar-refractivity contribution in [1.82, 2.24) is 0 Å². The van der Waals surface area contributed by atoms with Gasteiger partial charge in [0.05, 0.1) is 17.3 Å². The Morgan fingerprint density at radius 1 is 1.56 bits per heavy atom. The predicted octanol–water partition coefficient (Wildman–Crippen LogP) is 3.19. The first-order chi connectivity index (χ1) is 8.68. The van der Waals surface area contributed by atoms with Crippen LogP contribution in [0.3, 0.4) is 0 Å².